The Labute approximate surface area is 212 Å². The topological polar surface area (TPSA) is 62.2 Å². The maximum Gasteiger partial charge on any atom is 0.302 e. The Morgan fingerprint density at radius 2 is 1.63 bits per heavy atom. The molecule has 0 spiro atoms. The van der Waals surface area contributed by atoms with Gasteiger partial charge >= 0.3 is 5.97 Å². The summed E-state index contributed by atoms with van der Waals surface area (Å²) >= 11 is 0. The summed E-state index contributed by atoms with van der Waals surface area (Å²) in [5, 5.41) is 11.6. The van der Waals surface area contributed by atoms with E-state index in [1.165, 1.54) is 58.0 Å². The predicted octanol–water partition coefficient (Wildman–Crippen LogP) is 3.71. The molecule has 4 aliphatic carbocycles. The molecule has 0 bridgehead atoms. The van der Waals surface area contributed by atoms with Crippen molar-refractivity contribution in [1.29, 1.82) is 0 Å². The van der Waals surface area contributed by atoms with Crippen molar-refractivity contribution in [2.45, 2.75) is 103 Å². The number of hydrogen-bond donors (Lipinski definition) is 1. The van der Waals surface area contributed by atoms with Crippen LogP contribution in [0.5, 0.6) is 0 Å². The normalized spacial score (nSPS) is 50.9. The first-order valence-corrected chi connectivity index (χ1v) is 14.7. The summed E-state index contributed by atoms with van der Waals surface area (Å²) in [6.45, 7) is 12.4. The fraction of sp³-hybridized carbons (Fsp3) is 0.966. The fourth-order valence-electron chi connectivity index (χ4n) is 10.3. The molecule has 0 radical (unpaired) electrons. The van der Waals surface area contributed by atoms with Gasteiger partial charge in [-0.05, 0) is 105 Å². The average Bonchev–Trinajstić information content (AvgIpc) is 3.46. The molecule has 4 saturated carbocycles. The van der Waals surface area contributed by atoms with Crippen LogP contribution in [0.2, 0.25) is 0 Å². The highest BCUT2D eigenvalue weighted by atomic mass is 16.5. The van der Waals surface area contributed by atoms with Gasteiger partial charge in [0.05, 0.1) is 19.3 Å². The van der Waals surface area contributed by atoms with Gasteiger partial charge in [-0.25, -0.2) is 0 Å². The van der Waals surface area contributed by atoms with Crippen molar-refractivity contribution in [3.63, 3.8) is 0 Å². The lowest BCUT2D eigenvalue weighted by atomic mass is 9.44. The van der Waals surface area contributed by atoms with Gasteiger partial charge in [0.25, 0.3) is 0 Å². The lowest BCUT2D eigenvalue weighted by molar-refractivity contribution is -0.178. The molecule has 1 N–H and O–H groups in total. The van der Waals surface area contributed by atoms with Crippen molar-refractivity contribution in [3.05, 3.63) is 0 Å². The highest BCUT2D eigenvalue weighted by Gasteiger charge is 2.64. The highest BCUT2D eigenvalue weighted by Crippen LogP contribution is 2.67. The lowest BCUT2D eigenvalue weighted by Crippen LogP contribution is -2.61. The number of likely N-dealkylation sites (tertiary alicyclic amines) is 1. The van der Waals surface area contributed by atoms with Crippen molar-refractivity contribution in [1.82, 2.24) is 9.80 Å². The maximum atomic E-state index is 12.0. The molecule has 2 aliphatic heterocycles. The molecular weight excluding hydrogens is 440 g/mol. The zero-order valence-electron chi connectivity index (χ0n) is 22.3. The van der Waals surface area contributed by atoms with Crippen LogP contribution in [0.3, 0.4) is 0 Å². The van der Waals surface area contributed by atoms with Crippen LogP contribution in [0.1, 0.15) is 78.6 Å². The molecule has 0 aromatic heterocycles. The van der Waals surface area contributed by atoms with Crippen LogP contribution in [0.15, 0.2) is 0 Å². The van der Waals surface area contributed by atoms with E-state index in [-0.39, 0.29) is 23.6 Å². The third kappa shape index (κ3) is 4.00. The number of ether oxygens (including phenoxy) is 2. The summed E-state index contributed by atoms with van der Waals surface area (Å²) in [6, 6.07) is 0.681. The molecule has 6 heteroatoms. The lowest BCUT2D eigenvalue weighted by Gasteiger charge is -2.62. The van der Waals surface area contributed by atoms with Crippen LogP contribution in [-0.4, -0.2) is 84.6 Å². The molecule has 4 unspecified atom stereocenters. The van der Waals surface area contributed by atoms with Gasteiger partial charge < -0.3 is 14.6 Å². The fourth-order valence-corrected chi connectivity index (χ4v) is 10.3. The van der Waals surface area contributed by atoms with Crippen LogP contribution >= 0.6 is 0 Å². The number of morpholine rings is 1. The quantitative estimate of drug-likeness (QED) is 0.611. The zero-order chi connectivity index (χ0) is 24.4. The minimum absolute atomic E-state index is 0.0157. The van der Waals surface area contributed by atoms with Gasteiger partial charge in [0.1, 0.15) is 6.10 Å². The van der Waals surface area contributed by atoms with E-state index in [2.05, 4.69) is 23.6 Å². The van der Waals surface area contributed by atoms with Gasteiger partial charge in [-0.2, -0.15) is 0 Å². The number of hydrogen-bond acceptors (Lipinski definition) is 6. The number of carbonyl (C=O) groups excluding carboxylic acids is 1. The van der Waals surface area contributed by atoms with E-state index in [0.717, 1.165) is 51.0 Å². The Bertz CT molecular complexity index is 796. The second kappa shape index (κ2) is 9.25. The number of fused-ring (bicyclic) bond motifs is 5. The molecule has 2 saturated heterocycles. The second-order valence-corrected chi connectivity index (χ2v) is 13.5. The van der Waals surface area contributed by atoms with Crippen molar-refractivity contribution in [3.8, 4) is 0 Å². The Morgan fingerprint density at radius 3 is 2.34 bits per heavy atom. The number of esters is 1. The molecule has 6 rings (SSSR count). The average molecular weight is 489 g/mol. The van der Waals surface area contributed by atoms with Gasteiger partial charge in [0.2, 0.25) is 0 Å². The van der Waals surface area contributed by atoms with Crippen molar-refractivity contribution < 1.29 is 19.4 Å². The van der Waals surface area contributed by atoms with E-state index >= 15 is 0 Å². The first-order chi connectivity index (χ1) is 16.8. The summed E-state index contributed by atoms with van der Waals surface area (Å²) in [7, 11) is 0. The van der Waals surface area contributed by atoms with E-state index in [4.69, 9.17) is 9.47 Å². The summed E-state index contributed by atoms with van der Waals surface area (Å²) in [5.74, 6) is 2.61. The van der Waals surface area contributed by atoms with E-state index in [0.29, 0.717) is 29.3 Å². The summed E-state index contributed by atoms with van der Waals surface area (Å²) in [6.07, 6.45) is 10.8. The van der Waals surface area contributed by atoms with Crippen LogP contribution in [0, 0.1) is 34.5 Å². The van der Waals surface area contributed by atoms with Gasteiger partial charge in [0, 0.05) is 32.1 Å². The van der Waals surface area contributed by atoms with E-state index in [1.54, 1.807) is 6.92 Å². The molecule has 2 heterocycles. The van der Waals surface area contributed by atoms with Crippen LogP contribution in [0.4, 0.5) is 0 Å². The zero-order valence-corrected chi connectivity index (χ0v) is 22.3. The van der Waals surface area contributed by atoms with Gasteiger partial charge in [-0.1, -0.05) is 13.8 Å². The number of rotatable bonds is 3. The van der Waals surface area contributed by atoms with Crippen LogP contribution < -0.4 is 0 Å². The second-order valence-electron chi connectivity index (χ2n) is 13.5. The Balaban J connectivity index is 1.26. The van der Waals surface area contributed by atoms with E-state index in [9.17, 15) is 9.90 Å². The smallest absolute Gasteiger partial charge is 0.302 e. The summed E-state index contributed by atoms with van der Waals surface area (Å²) in [4.78, 5) is 17.2. The number of aliphatic hydroxyl groups is 1. The molecule has 6 aliphatic rings. The number of aliphatic hydroxyl groups excluding tert-OH is 1. The molecule has 6 fully saturated rings. The molecule has 0 aromatic rings. The molecule has 35 heavy (non-hydrogen) atoms. The Kier molecular flexibility index (Phi) is 6.51. The molecular formula is C29H48N2O4. The summed E-state index contributed by atoms with van der Waals surface area (Å²) < 4.78 is 11.7. The number of nitrogens with zero attached hydrogens (tertiary/aromatic N) is 2. The molecule has 0 aromatic carbocycles. The van der Waals surface area contributed by atoms with E-state index < -0.39 is 0 Å². The Morgan fingerprint density at radius 1 is 0.914 bits per heavy atom. The highest BCUT2D eigenvalue weighted by molar-refractivity contribution is 5.66. The third-order valence-corrected chi connectivity index (χ3v) is 12.1. The van der Waals surface area contributed by atoms with Crippen LogP contribution in [0.25, 0.3) is 0 Å². The maximum absolute atomic E-state index is 12.0. The van der Waals surface area contributed by atoms with Crippen molar-refractivity contribution in [2.75, 3.05) is 39.4 Å². The van der Waals surface area contributed by atoms with E-state index in [1.807, 2.05) is 0 Å². The van der Waals surface area contributed by atoms with Crippen molar-refractivity contribution in [2.24, 2.45) is 34.5 Å². The molecule has 198 valence electrons. The SMILES string of the molecule is CC(=O)O[C@H]1CC2CCC3C(CC[C@@]4(C)C3C[C@H](N3CCCC3)[C@@H]4O)[C@@]2(C)C[C@@H]1N1CCOCC1. The van der Waals surface area contributed by atoms with Gasteiger partial charge in [-0.15, -0.1) is 0 Å². The minimum atomic E-state index is -0.169. The van der Waals surface area contributed by atoms with Crippen LogP contribution in [-0.2, 0) is 14.3 Å². The first kappa shape index (κ1) is 24.6. The predicted molar refractivity (Wildman–Crippen MR) is 135 cm³/mol. The molecule has 10 atom stereocenters. The standard InChI is InChI=1S/C29H48N2O4/c1-19(32)35-26-16-20-6-7-21-22(29(20,3)18-25(26)31-12-14-34-15-13-31)8-9-28(2)23(21)17-24(27(28)33)30-10-4-5-11-30/h20-27,33H,4-18H2,1-3H3/t20?,21?,22?,23?,24-,25-,26-,27-,28-,29-/m0/s1. The van der Waals surface area contributed by atoms with Gasteiger partial charge in [0.15, 0.2) is 0 Å². The molecule has 6 nitrogen and oxygen atoms in total. The number of carbonyl (C=O) groups is 1. The van der Waals surface area contributed by atoms with Crippen molar-refractivity contribution >= 4 is 5.97 Å². The monoisotopic (exact) mass is 488 g/mol. The summed E-state index contributed by atoms with van der Waals surface area (Å²) in [5.41, 5.74) is 0.372. The largest absolute Gasteiger partial charge is 0.461 e. The molecule has 0 amide bonds. The van der Waals surface area contributed by atoms with Gasteiger partial charge in [-0.3, -0.25) is 14.6 Å². The Hall–Kier alpha value is -0.690. The minimum Gasteiger partial charge on any atom is -0.461 e. The third-order valence-electron chi connectivity index (χ3n) is 12.1. The first-order valence-electron chi connectivity index (χ1n) is 14.7.